The topological polar surface area (TPSA) is 431 Å². The number of urea groups is 3. The van der Waals surface area contributed by atoms with Gasteiger partial charge in [0.15, 0.2) is 5.13 Å². The lowest BCUT2D eigenvalue weighted by molar-refractivity contribution is -0.125. The minimum atomic E-state index is -3.92. The number of nitrogens with zero attached hydrogens (tertiary/aromatic N) is 12. The molecule has 0 spiro atoms. The van der Waals surface area contributed by atoms with Gasteiger partial charge in [0.05, 0.1) is 56.4 Å². The van der Waals surface area contributed by atoms with E-state index in [-0.39, 0.29) is 35.9 Å². The monoisotopic (exact) mass is 1700 g/mol. The second kappa shape index (κ2) is 32.3. The summed E-state index contributed by atoms with van der Waals surface area (Å²) in [4.78, 5) is 91.7. The van der Waals surface area contributed by atoms with E-state index in [4.69, 9.17) is 15.3 Å². The molecule has 120 heavy (non-hydrogen) atoms. The summed E-state index contributed by atoms with van der Waals surface area (Å²) in [5.74, 6) is 0.378. The maximum atomic E-state index is 13.0. The number of benzene rings is 6. The summed E-state index contributed by atoms with van der Waals surface area (Å²) in [6, 6.07) is 53.8. The molecule has 3 aliphatic heterocycles. The third-order valence-corrected chi connectivity index (χ3v) is 25.6. The molecule has 0 radical (unpaired) electrons. The Morgan fingerprint density at radius 1 is 0.408 bits per heavy atom. The van der Waals surface area contributed by atoms with Gasteiger partial charge in [0, 0.05) is 70.4 Å². The molecule has 0 saturated carbocycles. The Balaban J connectivity index is 0.000000156. The van der Waals surface area contributed by atoms with Gasteiger partial charge in [0.25, 0.3) is 17.7 Å². The standard InChI is InChI=1S/C28H31N7O4S2.C28H31N7O4S.C26H30N8O4S/c1-27(2,3)22-15-23(30-25(37)31-26-29-21(17-40-26)19-9-7-6-8-10-19)35(32-22)20-13-11-18(12-14-20)16-34-28(4,5)24(36)33-41(34,38)39;1-27(2,3)22-16-24(31-26(37)30-23-15-12-19-8-6-7-9-21(19)29-23)35(32-22)20-13-10-18(11-14-20)17-34-28(4,5)25(36)33-40(34,38)39;1-25(2,3)20-14-21(29-24(36)30-23-27-18-8-6-7-9-19(18)28-23)34(31-20)17-12-10-16(11-13-17)15-33-26(4,5)22(35)32-39(33,37)38/h6-15,17H,16H2,1-5H3,(H,33,36)(H2,29,30,31,37);6-16H,17H2,1-5H3,(H,33,36)(H2,29,30,31,37);6-14H,15H2,1-5H3,(H,32,35)(H3,27,28,29,30,36). The molecule has 6 aromatic carbocycles. The van der Waals surface area contributed by atoms with Gasteiger partial charge in [-0.05, 0) is 125 Å². The number of pyridine rings is 1. The Labute approximate surface area is 697 Å². The predicted octanol–water partition coefficient (Wildman–Crippen LogP) is 12.9. The molecule has 12 aromatic rings. The van der Waals surface area contributed by atoms with Crippen molar-refractivity contribution in [3.05, 3.63) is 221 Å². The molecule has 0 unspecified atom stereocenters. The van der Waals surface area contributed by atoms with Crippen LogP contribution in [0.2, 0.25) is 0 Å². The molecule has 3 fully saturated rings. The number of hydrogen-bond acceptors (Lipinski definition) is 19. The van der Waals surface area contributed by atoms with Crippen molar-refractivity contribution in [2.75, 3.05) is 31.9 Å². The highest BCUT2D eigenvalue weighted by Crippen LogP contribution is 2.36. The minimum Gasteiger partial charge on any atom is -0.324 e. The summed E-state index contributed by atoms with van der Waals surface area (Å²) in [6.45, 7) is 27.7. The first-order chi connectivity index (χ1) is 56.2. The van der Waals surface area contributed by atoms with E-state index in [2.05, 4.69) is 66.0 Å². The lowest BCUT2D eigenvalue weighted by Crippen LogP contribution is -2.43. The largest absolute Gasteiger partial charge is 0.327 e. The molecule has 6 aromatic heterocycles. The Morgan fingerprint density at radius 3 is 1.16 bits per heavy atom. The molecule has 626 valence electrons. The number of para-hydroxylation sites is 3. The van der Waals surface area contributed by atoms with Crippen molar-refractivity contribution in [2.45, 2.75) is 156 Å². The van der Waals surface area contributed by atoms with Crippen LogP contribution in [-0.2, 0) is 80.9 Å². The van der Waals surface area contributed by atoms with E-state index in [1.807, 2.05) is 171 Å². The van der Waals surface area contributed by atoms with Gasteiger partial charge >= 0.3 is 48.7 Å². The average Bonchev–Trinajstić information content (AvgIpc) is 1.61. The van der Waals surface area contributed by atoms with E-state index in [1.165, 1.54) is 11.3 Å². The highest BCUT2D eigenvalue weighted by Gasteiger charge is 2.52. The van der Waals surface area contributed by atoms with Crippen LogP contribution in [0, 0.1) is 0 Å². The van der Waals surface area contributed by atoms with Crippen LogP contribution in [0.1, 0.15) is 138 Å². The van der Waals surface area contributed by atoms with E-state index < -0.39 is 83.1 Å². The lowest BCUT2D eigenvalue weighted by Gasteiger charge is -2.25. The number of carbonyl (C=O) groups is 6. The molecule has 9 amide bonds. The van der Waals surface area contributed by atoms with E-state index in [0.29, 0.717) is 68.1 Å². The summed E-state index contributed by atoms with van der Waals surface area (Å²) in [5, 5.41) is 34.4. The van der Waals surface area contributed by atoms with Crippen molar-refractivity contribution < 1.29 is 54.0 Å². The fourth-order valence-corrected chi connectivity index (χ4v) is 18.3. The van der Waals surface area contributed by atoms with Gasteiger partial charge < -0.3 is 4.98 Å². The first-order valence-electron chi connectivity index (χ1n) is 37.9. The molecular formula is C82H92N22O12S4. The van der Waals surface area contributed by atoms with E-state index in [0.717, 1.165) is 63.2 Å². The number of anilines is 6. The SMILES string of the molecule is CC(C)(C)c1cc(NC(=O)Nc2ccc3ccccc3n2)n(-c2ccc(CN3C(C)(C)C(=O)NS3(=O)=O)cc2)n1.CC(C)(C)c1cc(NC(=O)Nc2nc(-c3ccccc3)cs2)n(-c2ccc(CN3C(C)(C)C(=O)NS3(=O)=O)cc2)n1.CC(C)(C)c1cc(NC(=O)Nc2nc3ccccc3[nH]2)n(-c2ccc(CN3C(C)(C)C(=O)NS3(=O)=O)cc2)n1. The number of H-pyrrole nitrogens is 1. The first kappa shape index (κ1) is 85.3. The summed E-state index contributed by atoms with van der Waals surface area (Å²) < 4.78 is 89.1. The lowest BCUT2D eigenvalue weighted by atomic mass is 9.92. The van der Waals surface area contributed by atoms with Crippen LogP contribution in [0.4, 0.5) is 48.7 Å². The number of fused-ring (bicyclic) bond motifs is 2. The van der Waals surface area contributed by atoms with E-state index in [9.17, 15) is 54.0 Å². The van der Waals surface area contributed by atoms with Gasteiger partial charge in [-0.1, -0.05) is 159 Å². The maximum Gasteiger partial charge on any atom is 0.327 e. The van der Waals surface area contributed by atoms with Crippen LogP contribution in [0.5, 0.6) is 0 Å². The normalized spacial score (nSPS) is 16.6. The quantitative estimate of drug-likeness (QED) is 0.0429. The van der Waals surface area contributed by atoms with Crippen LogP contribution in [0.3, 0.4) is 0 Å². The zero-order valence-corrected chi connectivity index (χ0v) is 71.7. The van der Waals surface area contributed by atoms with Crippen LogP contribution in [-0.4, -0.2) is 140 Å². The zero-order valence-electron chi connectivity index (χ0n) is 68.4. The highest BCUT2D eigenvalue weighted by atomic mass is 32.2. The number of imidazole rings is 1. The van der Waals surface area contributed by atoms with Gasteiger partial charge in [-0.25, -0.2) is 57.5 Å². The van der Waals surface area contributed by atoms with Crippen molar-refractivity contribution in [3.8, 4) is 28.3 Å². The number of aromatic amines is 1. The molecule has 3 aliphatic rings. The van der Waals surface area contributed by atoms with Crippen molar-refractivity contribution in [3.63, 3.8) is 0 Å². The van der Waals surface area contributed by atoms with Gasteiger partial charge in [-0.2, -0.15) is 53.5 Å². The van der Waals surface area contributed by atoms with Crippen molar-refractivity contribution in [1.29, 1.82) is 0 Å². The van der Waals surface area contributed by atoms with Crippen molar-refractivity contribution in [2.24, 2.45) is 0 Å². The maximum absolute atomic E-state index is 13.0. The van der Waals surface area contributed by atoms with Gasteiger partial charge in [0.1, 0.15) is 39.9 Å². The third kappa shape index (κ3) is 18.6. The first-order valence-corrected chi connectivity index (χ1v) is 43.1. The van der Waals surface area contributed by atoms with Gasteiger partial charge in [0.2, 0.25) is 5.95 Å². The summed E-state index contributed by atoms with van der Waals surface area (Å²) in [6.07, 6.45) is 0. The number of thiazole rings is 1. The van der Waals surface area contributed by atoms with E-state index >= 15 is 0 Å². The van der Waals surface area contributed by atoms with Crippen LogP contribution in [0.15, 0.2) is 187 Å². The molecule has 38 heteroatoms. The molecule has 0 atom stereocenters. The van der Waals surface area contributed by atoms with E-state index in [1.54, 1.807) is 134 Å². The van der Waals surface area contributed by atoms with Crippen molar-refractivity contribution in [1.82, 2.24) is 76.4 Å². The molecular weight excluding hydrogens is 1610 g/mol. The zero-order chi connectivity index (χ0) is 86.6. The number of rotatable bonds is 16. The number of amides is 9. The van der Waals surface area contributed by atoms with Crippen LogP contribution < -0.4 is 46.1 Å². The average molecular weight is 1710 g/mol. The molecule has 10 N–H and O–H groups in total. The minimum absolute atomic E-state index is 0.0196. The fraction of sp³-hybridized carbons (Fsp3) is 0.293. The third-order valence-electron chi connectivity index (χ3n) is 20.0. The molecule has 0 bridgehead atoms. The second-order valence-corrected chi connectivity index (χ2v) is 39.0. The van der Waals surface area contributed by atoms with Crippen LogP contribution >= 0.6 is 11.3 Å². The molecule has 15 rings (SSSR count). The highest BCUT2D eigenvalue weighted by molar-refractivity contribution is 7.88. The fourth-order valence-electron chi connectivity index (χ4n) is 12.8. The second-order valence-electron chi connectivity index (χ2n) is 33.4. The Bertz CT molecular complexity index is 6290. The summed E-state index contributed by atoms with van der Waals surface area (Å²) in [7, 11) is -11.8. The predicted molar refractivity (Wildman–Crippen MR) is 460 cm³/mol. The van der Waals surface area contributed by atoms with Crippen LogP contribution in [0.25, 0.3) is 50.3 Å². The Kier molecular flexibility index (Phi) is 22.9. The Hall–Kier alpha value is -12.6. The molecule has 0 aliphatic carbocycles. The Morgan fingerprint density at radius 2 is 0.775 bits per heavy atom. The van der Waals surface area contributed by atoms with Gasteiger partial charge in [-0.15, -0.1) is 11.3 Å². The van der Waals surface area contributed by atoms with Crippen molar-refractivity contribution >= 4 is 134 Å². The number of nitrogens with one attached hydrogen (secondary N) is 10. The number of carbonyl (C=O) groups excluding carboxylic acids is 6. The summed E-state index contributed by atoms with van der Waals surface area (Å²) in [5.41, 5.74) is 5.93. The number of aromatic nitrogens is 10. The summed E-state index contributed by atoms with van der Waals surface area (Å²) >= 11 is 1.33. The van der Waals surface area contributed by atoms with Gasteiger partial charge in [-0.3, -0.25) is 46.3 Å². The number of hydrogen-bond donors (Lipinski definition) is 10. The molecule has 34 nitrogen and oxygen atoms in total. The smallest absolute Gasteiger partial charge is 0.324 e. The molecule has 9 heterocycles. The molecule has 3 saturated heterocycles.